The Morgan fingerprint density at radius 2 is 2.00 bits per heavy atom. The van der Waals surface area contributed by atoms with E-state index in [-0.39, 0.29) is 23.3 Å². The molecular formula is C18H15BrN2O2. The number of phenolic OH excluding ortho intramolecular Hbond substituents is 1. The van der Waals surface area contributed by atoms with Crippen LogP contribution in [-0.2, 0) is 4.79 Å². The van der Waals surface area contributed by atoms with Crippen LogP contribution in [0.1, 0.15) is 24.0 Å². The maximum atomic E-state index is 12.0. The van der Waals surface area contributed by atoms with E-state index in [1.165, 1.54) is 0 Å². The Bertz CT molecular complexity index is 821. The number of phenols is 1. The lowest BCUT2D eigenvalue weighted by Crippen LogP contribution is -2.15. The Labute approximate surface area is 142 Å². The first-order valence-electron chi connectivity index (χ1n) is 7.36. The highest BCUT2D eigenvalue weighted by Gasteiger charge is 2.31. The van der Waals surface area contributed by atoms with Crippen molar-refractivity contribution >= 4 is 27.5 Å². The van der Waals surface area contributed by atoms with Crippen molar-refractivity contribution in [2.45, 2.75) is 19.8 Å². The minimum Gasteiger partial charge on any atom is -0.505 e. The molecule has 23 heavy (non-hydrogen) atoms. The maximum Gasteiger partial charge on any atom is 0.227 e. The molecule has 2 aromatic carbocycles. The molecule has 0 atom stereocenters. The number of halogens is 1. The second-order valence-corrected chi connectivity index (χ2v) is 6.45. The molecular weight excluding hydrogens is 356 g/mol. The predicted octanol–water partition coefficient (Wildman–Crippen LogP) is 4.35. The Balaban J connectivity index is 2.16. The van der Waals surface area contributed by atoms with Crippen LogP contribution in [0.15, 0.2) is 34.8 Å². The number of nitrogens with one attached hydrogen (secondary N) is 1. The summed E-state index contributed by atoms with van der Waals surface area (Å²) in [6.45, 7) is 1.82. The van der Waals surface area contributed by atoms with Crippen molar-refractivity contribution in [1.29, 1.82) is 5.26 Å². The Kier molecular flexibility index (Phi) is 4.10. The lowest BCUT2D eigenvalue weighted by molar-refractivity contribution is -0.117. The standard InChI is InChI=1S/C18H15BrN2O2/c1-10-13(9-20)16(21-18(23)12-7-8-12)17(22)15(19)14(10)11-5-3-2-4-6-11/h2-6,12,22H,7-8H2,1H3,(H,21,23). The summed E-state index contributed by atoms with van der Waals surface area (Å²) in [5.74, 6) is -0.260. The van der Waals surface area contributed by atoms with Crippen molar-refractivity contribution in [2.24, 2.45) is 5.92 Å². The molecule has 1 fully saturated rings. The van der Waals surface area contributed by atoms with Gasteiger partial charge in [0.25, 0.3) is 0 Å². The third kappa shape index (κ3) is 2.82. The van der Waals surface area contributed by atoms with Gasteiger partial charge < -0.3 is 10.4 Å². The highest BCUT2D eigenvalue weighted by Crippen LogP contribution is 2.45. The van der Waals surface area contributed by atoms with Crippen LogP contribution >= 0.6 is 15.9 Å². The predicted molar refractivity (Wildman–Crippen MR) is 92.0 cm³/mol. The Morgan fingerprint density at radius 3 is 2.57 bits per heavy atom. The highest BCUT2D eigenvalue weighted by atomic mass is 79.9. The van der Waals surface area contributed by atoms with E-state index in [2.05, 4.69) is 27.3 Å². The minimum atomic E-state index is -0.143. The quantitative estimate of drug-likeness (QED) is 0.788. The lowest BCUT2D eigenvalue weighted by atomic mass is 9.94. The van der Waals surface area contributed by atoms with Crippen LogP contribution in [0.25, 0.3) is 11.1 Å². The van der Waals surface area contributed by atoms with Crippen molar-refractivity contribution in [2.75, 3.05) is 5.32 Å². The molecule has 116 valence electrons. The van der Waals surface area contributed by atoms with E-state index in [0.717, 1.165) is 29.5 Å². The largest absolute Gasteiger partial charge is 0.505 e. The maximum absolute atomic E-state index is 12.0. The van der Waals surface area contributed by atoms with Crippen LogP contribution in [0.3, 0.4) is 0 Å². The van der Waals surface area contributed by atoms with Gasteiger partial charge in [-0.25, -0.2) is 0 Å². The average molecular weight is 371 g/mol. The van der Waals surface area contributed by atoms with E-state index in [1.54, 1.807) is 0 Å². The van der Waals surface area contributed by atoms with Gasteiger partial charge in [0, 0.05) is 11.5 Å². The first-order valence-corrected chi connectivity index (χ1v) is 8.15. The number of anilines is 1. The van der Waals surface area contributed by atoms with E-state index in [1.807, 2.05) is 37.3 Å². The molecule has 0 heterocycles. The molecule has 4 nitrogen and oxygen atoms in total. The number of hydrogen-bond acceptors (Lipinski definition) is 3. The fraction of sp³-hybridized carbons (Fsp3) is 0.222. The zero-order valence-electron chi connectivity index (χ0n) is 12.6. The monoisotopic (exact) mass is 370 g/mol. The molecule has 1 saturated carbocycles. The van der Waals surface area contributed by atoms with Gasteiger partial charge in [-0.1, -0.05) is 30.3 Å². The Morgan fingerprint density at radius 1 is 1.35 bits per heavy atom. The SMILES string of the molecule is Cc1c(C#N)c(NC(=O)C2CC2)c(O)c(Br)c1-c1ccccc1. The number of carbonyl (C=O) groups excluding carboxylic acids is 1. The van der Waals surface area contributed by atoms with Crippen molar-refractivity contribution in [3.63, 3.8) is 0 Å². The van der Waals surface area contributed by atoms with Gasteiger partial charge >= 0.3 is 0 Å². The van der Waals surface area contributed by atoms with Gasteiger partial charge in [0.15, 0.2) is 5.75 Å². The summed E-state index contributed by atoms with van der Waals surface area (Å²) in [4.78, 5) is 12.0. The van der Waals surface area contributed by atoms with Crippen molar-refractivity contribution in [3.8, 4) is 22.9 Å². The van der Waals surface area contributed by atoms with Crippen LogP contribution in [0.2, 0.25) is 0 Å². The summed E-state index contributed by atoms with van der Waals surface area (Å²) in [7, 11) is 0. The molecule has 0 spiro atoms. The highest BCUT2D eigenvalue weighted by molar-refractivity contribution is 9.10. The summed E-state index contributed by atoms with van der Waals surface area (Å²) < 4.78 is 0.478. The molecule has 0 unspecified atom stereocenters. The zero-order chi connectivity index (χ0) is 16.6. The molecule has 3 rings (SSSR count). The number of rotatable bonds is 3. The van der Waals surface area contributed by atoms with Crippen LogP contribution in [0.4, 0.5) is 5.69 Å². The van der Waals surface area contributed by atoms with Crippen LogP contribution < -0.4 is 5.32 Å². The molecule has 1 aliphatic rings. The van der Waals surface area contributed by atoms with Crippen molar-refractivity contribution < 1.29 is 9.90 Å². The number of nitrogens with zero attached hydrogens (tertiary/aromatic N) is 1. The van der Waals surface area contributed by atoms with E-state index >= 15 is 0 Å². The molecule has 0 bridgehead atoms. The third-order valence-corrected chi connectivity index (χ3v) is 4.81. The summed E-state index contributed by atoms with van der Waals surface area (Å²) >= 11 is 3.41. The molecule has 2 N–H and O–H groups in total. The topological polar surface area (TPSA) is 73.1 Å². The average Bonchev–Trinajstić information content (AvgIpc) is 3.39. The van der Waals surface area contributed by atoms with Gasteiger partial charge in [0.2, 0.25) is 5.91 Å². The molecule has 5 heteroatoms. The number of benzene rings is 2. The van der Waals surface area contributed by atoms with Gasteiger partial charge in [-0.3, -0.25) is 4.79 Å². The van der Waals surface area contributed by atoms with E-state index in [9.17, 15) is 15.2 Å². The smallest absolute Gasteiger partial charge is 0.227 e. The normalized spacial score (nSPS) is 13.4. The fourth-order valence-corrected chi connectivity index (χ4v) is 3.33. The molecule has 0 saturated heterocycles. The number of nitriles is 1. The Hall–Kier alpha value is -2.32. The first kappa shape index (κ1) is 15.6. The van der Waals surface area contributed by atoms with Crippen molar-refractivity contribution in [1.82, 2.24) is 0 Å². The summed E-state index contributed by atoms with van der Waals surface area (Å²) in [6, 6.07) is 11.6. The molecule has 1 amide bonds. The minimum absolute atomic E-state index is 0.00572. The number of aromatic hydroxyl groups is 1. The third-order valence-electron chi connectivity index (χ3n) is 4.03. The van der Waals surface area contributed by atoms with Crippen molar-refractivity contribution in [3.05, 3.63) is 45.9 Å². The summed E-state index contributed by atoms with van der Waals surface area (Å²) in [6.07, 6.45) is 1.72. The number of carbonyl (C=O) groups is 1. The van der Waals surface area contributed by atoms with Crippen LogP contribution in [-0.4, -0.2) is 11.0 Å². The van der Waals surface area contributed by atoms with E-state index < -0.39 is 0 Å². The molecule has 2 aromatic rings. The van der Waals surface area contributed by atoms with Gasteiger partial charge in [-0.15, -0.1) is 0 Å². The molecule has 0 aromatic heterocycles. The second kappa shape index (κ2) is 6.05. The van der Waals surface area contributed by atoms with Gasteiger partial charge in [0.05, 0.1) is 10.0 Å². The van der Waals surface area contributed by atoms with Gasteiger partial charge in [0.1, 0.15) is 11.8 Å². The molecule has 1 aliphatic carbocycles. The second-order valence-electron chi connectivity index (χ2n) is 5.65. The fourth-order valence-electron chi connectivity index (χ4n) is 2.60. The first-order chi connectivity index (χ1) is 11.0. The zero-order valence-corrected chi connectivity index (χ0v) is 14.1. The van der Waals surface area contributed by atoms with Crippen LogP contribution in [0, 0.1) is 24.2 Å². The summed E-state index contributed by atoms with van der Waals surface area (Å²) in [5.41, 5.74) is 2.84. The van der Waals surface area contributed by atoms with Gasteiger partial charge in [-0.2, -0.15) is 5.26 Å². The van der Waals surface area contributed by atoms with Gasteiger partial charge in [-0.05, 0) is 46.8 Å². The molecule has 0 aliphatic heterocycles. The van der Waals surface area contributed by atoms with E-state index in [0.29, 0.717) is 10.0 Å². The molecule has 0 radical (unpaired) electrons. The van der Waals surface area contributed by atoms with Crippen LogP contribution in [0.5, 0.6) is 5.75 Å². The lowest BCUT2D eigenvalue weighted by Gasteiger charge is -2.17. The van der Waals surface area contributed by atoms with E-state index in [4.69, 9.17) is 0 Å². The summed E-state index contributed by atoms with van der Waals surface area (Å²) in [5, 5.41) is 22.8. The number of hydrogen-bond donors (Lipinski definition) is 2. The number of amides is 1.